The summed E-state index contributed by atoms with van der Waals surface area (Å²) in [5.41, 5.74) is 1.20. The summed E-state index contributed by atoms with van der Waals surface area (Å²) in [6, 6.07) is 8.35. The predicted molar refractivity (Wildman–Crippen MR) is 81.3 cm³/mol. The molecule has 0 aliphatic rings. The first-order chi connectivity index (χ1) is 9.71. The highest BCUT2D eigenvalue weighted by Gasteiger charge is 2.11. The lowest BCUT2D eigenvalue weighted by molar-refractivity contribution is 0.000206. The molecule has 0 bridgehead atoms. The summed E-state index contributed by atoms with van der Waals surface area (Å²) in [5.74, 6) is 0.916. The zero-order valence-corrected chi connectivity index (χ0v) is 13.0. The van der Waals surface area contributed by atoms with Crippen LogP contribution < -0.4 is 10.1 Å². The minimum Gasteiger partial charge on any atom is -0.494 e. The molecule has 0 aliphatic carbocycles. The Bertz CT molecular complexity index is 353. The van der Waals surface area contributed by atoms with Crippen molar-refractivity contribution >= 4 is 0 Å². The summed E-state index contributed by atoms with van der Waals surface area (Å²) < 4.78 is 16.4. The first kappa shape index (κ1) is 17.0. The van der Waals surface area contributed by atoms with Crippen molar-refractivity contribution in [3.05, 3.63) is 29.8 Å². The van der Waals surface area contributed by atoms with Crippen molar-refractivity contribution in [2.45, 2.75) is 32.4 Å². The molecule has 2 unspecified atom stereocenters. The third-order valence-electron chi connectivity index (χ3n) is 3.05. The van der Waals surface area contributed by atoms with Gasteiger partial charge >= 0.3 is 0 Å². The Hall–Kier alpha value is -1.10. The molecule has 2 atom stereocenters. The summed E-state index contributed by atoms with van der Waals surface area (Å²) in [5, 5.41) is 3.27. The summed E-state index contributed by atoms with van der Waals surface area (Å²) in [7, 11) is 3.63. The average Bonchev–Trinajstić information content (AvgIpc) is 2.47. The van der Waals surface area contributed by atoms with Crippen molar-refractivity contribution < 1.29 is 14.2 Å². The van der Waals surface area contributed by atoms with Crippen LogP contribution in [0.3, 0.4) is 0 Å². The Kier molecular flexibility index (Phi) is 8.26. The van der Waals surface area contributed by atoms with E-state index in [1.165, 1.54) is 5.56 Å². The molecule has 1 aromatic rings. The molecule has 0 saturated carbocycles. The number of rotatable bonds is 10. The van der Waals surface area contributed by atoms with E-state index < -0.39 is 0 Å². The smallest absolute Gasteiger partial charge is 0.119 e. The number of hydrogen-bond acceptors (Lipinski definition) is 4. The highest BCUT2D eigenvalue weighted by Crippen LogP contribution is 2.18. The van der Waals surface area contributed by atoms with Gasteiger partial charge in [-0.05, 0) is 38.1 Å². The molecule has 114 valence electrons. The maximum atomic E-state index is 5.77. The van der Waals surface area contributed by atoms with Gasteiger partial charge in [0.25, 0.3) is 0 Å². The fourth-order valence-electron chi connectivity index (χ4n) is 1.91. The number of ether oxygens (including phenoxy) is 3. The lowest BCUT2D eigenvalue weighted by atomic mass is 10.1. The van der Waals surface area contributed by atoms with E-state index >= 15 is 0 Å². The molecule has 1 rings (SSSR count). The number of hydrogen-bond donors (Lipinski definition) is 1. The van der Waals surface area contributed by atoms with Crippen molar-refractivity contribution in [3.8, 4) is 5.75 Å². The van der Waals surface area contributed by atoms with Crippen LogP contribution in [0.25, 0.3) is 0 Å². The zero-order chi connectivity index (χ0) is 14.8. The molecule has 1 aromatic carbocycles. The van der Waals surface area contributed by atoms with Gasteiger partial charge in [0, 0.05) is 7.11 Å². The van der Waals surface area contributed by atoms with Gasteiger partial charge in [0.2, 0.25) is 0 Å². The monoisotopic (exact) mass is 281 g/mol. The maximum Gasteiger partial charge on any atom is 0.119 e. The van der Waals surface area contributed by atoms with Gasteiger partial charge in [-0.2, -0.15) is 0 Å². The molecule has 1 N–H and O–H groups in total. The SMILES string of the molecule is CCCOc1ccc(C(COC(C)COC)NC)cc1. The Balaban J connectivity index is 2.52. The van der Waals surface area contributed by atoms with Crippen molar-refractivity contribution in [3.63, 3.8) is 0 Å². The van der Waals surface area contributed by atoms with Crippen LogP contribution in [0.15, 0.2) is 24.3 Å². The third kappa shape index (κ3) is 5.90. The van der Waals surface area contributed by atoms with Crippen LogP contribution in [0.1, 0.15) is 31.9 Å². The quantitative estimate of drug-likeness (QED) is 0.716. The molecule has 0 aliphatic heterocycles. The minimum atomic E-state index is 0.100. The van der Waals surface area contributed by atoms with Crippen molar-refractivity contribution in [2.24, 2.45) is 0 Å². The Labute approximate surface area is 122 Å². The predicted octanol–water partition coefficient (Wildman–Crippen LogP) is 2.79. The van der Waals surface area contributed by atoms with Gasteiger partial charge in [0.1, 0.15) is 5.75 Å². The highest BCUT2D eigenvalue weighted by atomic mass is 16.5. The summed E-state index contributed by atoms with van der Waals surface area (Å²) in [6.07, 6.45) is 1.12. The molecule has 0 fully saturated rings. The van der Waals surface area contributed by atoms with Crippen LogP contribution in [0, 0.1) is 0 Å². The number of benzene rings is 1. The lowest BCUT2D eigenvalue weighted by Gasteiger charge is -2.20. The summed E-state index contributed by atoms with van der Waals surface area (Å²) in [6.45, 7) is 6.10. The number of methoxy groups -OCH3 is 1. The second kappa shape index (κ2) is 9.75. The Morgan fingerprint density at radius 2 is 1.85 bits per heavy atom. The van der Waals surface area contributed by atoms with E-state index in [9.17, 15) is 0 Å². The van der Waals surface area contributed by atoms with Crippen LogP contribution in [-0.2, 0) is 9.47 Å². The molecular formula is C16H27NO3. The van der Waals surface area contributed by atoms with Gasteiger partial charge in [-0.1, -0.05) is 19.1 Å². The fraction of sp³-hybridized carbons (Fsp3) is 0.625. The van der Waals surface area contributed by atoms with Crippen LogP contribution >= 0.6 is 0 Å². The van der Waals surface area contributed by atoms with E-state index in [4.69, 9.17) is 14.2 Å². The minimum absolute atomic E-state index is 0.100. The largest absolute Gasteiger partial charge is 0.494 e. The van der Waals surface area contributed by atoms with Crippen LogP contribution in [-0.4, -0.2) is 40.1 Å². The number of likely N-dealkylation sites (N-methyl/N-ethyl adjacent to an activating group) is 1. The van der Waals surface area contributed by atoms with E-state index in [1.807, 2.05) is 26.1 Å². The standard InChI is InChI=1S/C16H27NO3/c1-5-10-19-15-8-6-14(7-9-15)16(17-3)12-20-13(2)11-18-4/h6-9,13,16-17H,5,10-12H2,1-4H3. The van der Waals surface area contributed by atoms with Crippen LogP contribution in [0.4, 0.5) is 0 Å². The maximum absolute atomic E-state index is 5.77. The van der Waals surface area contributed by atoms with E-state index in [0.29, 0.717) is 13.2 Å². The molecule has 4 heteroatoms. The van der Waals surface area contributed by atoms with E-state index in [0.717, 1.165) is 18.8 Å². The summed E-state index contributed by atoms with van der Waals surface area (Å²) in [4.78, 5) is 0. The fourth-order valence-corrected chi connectivity index (χ4v) is 1.91. The first-order valence-corrected chi connectivity index (χ1v) is 7.21. The molecular weight excluding hydrogens is 254 g/mol. The molecule has 0 saturated heterocycles. The average molecular weight is 281 g/mol. The van der Waals surface area contributed by atoms with Crippen molar-refractivity contribution in [1.82, 2.24) is 5.32 Å². The molecule has 0 aromatic heterocycles. The van der Waals surface area contributed by atoms with E-state index in [1.54, 1.807) is 7.11 Å². The molecule has 0 radical (unpaired) electrons. The van der Waals surface area contributed by atoms with Crippen LogP contribution in [0.2, 0.25) is 0 Å². The number of nitrogens with one attached hydrogen (secondary N) is 1. The topological polar surface area (TPSA) is 39.7 Å². The molecule has 20 heavy (non-hydrogen) atoms. The first-order valence-electron chi connectivity index (χ1n) is 7.21. The van der Waals surface area contributed by atoms with Gasteiger partial charge in [-0.3, -0.25) is 0 Å². The van der Waals surface area contributed by atoms with Crippen molar-refractivity contribution in [1.29, 1.82) is 0 Å². The molecule has 0 heterocycles. The van der Waals surface area contributed by atoms with Gasteiger partial charge in [-0.25, -0.2) is 0 Å². The van der Waals surface area contributed by atoms with Gasteiger partial charge < -0.3 is 19.5 Å². The Morgan fingerprint density at radius 3 is 2.40 bits per heavy atom. The van der Waals surface area contributed by atoms with E-state index in [2.05, 4.69) is 24.4 Å². The molecule has 4 nitrogen and oxygen atoms in total. The summed E-state index contributed by atoms with van der Waals surface area (Å²) >= 11 is 0. The van der Waals surface area contributed by atoms with Gasteiger partial charge in [0.15, 0.2) is 0 Å². The molecule has 0 amide bonds. The van der Waals surface area contributed by atoms with Crippen molar-refractivity contribution in [2.75, 3.05) is 34.0 Å². The second-order valence-electron chi connectivity index (χ2n) is 4.86. The lowest BCUT2D eigenvalue weighted by Crippen LogP contribution is -2.25. The highest BCUT2D eigenvalue weighted by molar-refractivity contribution is 5.29. The second-order valence-corrected chi connectivity index (χ2v) is 4.86. The normalized spacial score (nSPS) is 14.0. The third-order valence-corrected chi connectivity index (χ3v) is 3.05. The zero-order valence-electron chi connectivity index (χ0n) is 13.0. The van der Waals surface area contributed by atoms with Crippen LogP contribution in [0.5, 0.6) is 5.75 Å². The van der Waals surface area contributed by atoms with Gasteiger partial charge in [0.05, 0.1) is 32.0 Å². The Morgan fingerprint density at radius 1 is 1.15 bits per heavy atom. The molecule has 0 spiro atoms. The van der Waals surface area contributed by atoms with Gasteiger partial charge in [-0.15, -0.1) is 0 Å². The van der Waals surface area contributed by atoms with E-state index in [-0.39, 0.29) is 12.1 Å².